The number of aliphatic hydroxyl groups excluding tert-OH is 8. The summed E-state index contributed by atoms with van der Waals surface area (Å²) in [6.45, 7) is -2.32. The Morgan fingerprint density at radius 3 is 1.87 bits per heavy atom. The molecule has 0 saturated carbocycles. The zero-order chi connectivity index (χ0) is 17.4. The van der Waals surface area contributed by atoms with E-state index in [1.54, 1.807) is 0 Å². The van der Waals surface area contributed by atoms with Crippen LogP contribution in [-0.2, 0) is 14.2 Å². The first kappa shape index (κ1) is 18.9. The summed E-state index contributed by atoms with van der Waals surface area (Å²) in [5, 5.41) is 76.7. The van der Waals surface area contributed by atoms with Gasteiger partial charge in [0.25, 0.3) is 0 Å². The Kier molecular flexibility index (Phi) is 5.92. The largest absolute Gasteiger partial charge is 0.394 e. The van der Waals surface area contributed by atoms with Crippen LogP contribution in [0.5, 0.6) is 0 Å². The van der Waals surface area contributed by atoms with Gasteiger partial charge < -0.3 is 55.1 Å². The standard InChI is InChI=1S/C12H22O11/c13-1-4-6(16)8(18)9(19)11(21-4)23-12(3-15)10(20)7(17)5(2-14)22-12/h4-11,13-20H,1-3H2/t4-,5+,6-,7+,8-,9+,10+,11-,12+/m1/s1. The minimum Gasteiger partial charge on any atom is -0.394 e. The van der Waals surface area contributed by atoms with Crippen molar-refractivity contribution in [3.8, 4) is 0 Å². The highest BCUT2D eigenvalue weighted by molar-refractivity contribution is 4.98. The number of hydrogen-bond acceptors (Lipinski definition) is 11. The summed E-state index contributed by atoms with van der Waals surface area (Å²) in [4.78, 5) is 0. The molecule has 0 bridgehead atoms. The number of hydrogen-bond donors (Lipinski definition) is 8. The van der Waals surface area contributed by atoms with Crippen LogP contribution >= 0.6 is 0 Å². The number of ether oxygens (including phenoxy) is 3. The smallest absolute Gasteiger partial charge is 0.224 e. The van der Waals surface area contributed by atoms with Gasteiger partial charge in [0.1, 0.15) is 49.3 Å². The fraction of sp³-hybridized carbons (Fsp3) is 1.00. The van der Waals surface area contributed by atoms with Crippen LogP contribution in [-0.4, -0.2) is 115 Å². The third-order valence-electron chi connectivity index (χ3n) is 4.07. The highest BCUT2D eigenvalue weighted by Gasteiger charge is 2.58. The van der Waals surface area contributed by atoms with Gasteiger partial charge in [0, 0.05) is 0 Å². The van der Waals surface area contributed by atoms with Crippen LogP contribution in [0.15, 0.2) is 0 Å². The molecule has 8 N–H and O–H groups in total. The van der Waals surface area contributed by atoms with Gasteiger partial charge in [0.05, 0.1) is 13.2 Å². The van der Waals surface area contributed by atoms with Gasteiger partial charge in [-0.2, -0.15) is 0 Å². The molecule has 11 nitrogen and oxygen atoms in total. The van der Waals surface area contributed by atoms with Crippen molar-refractivity contribution in [2.75, 3.05) is 19.8 Å². The van der Waals surface area contributed by atoms with Gasteiger partial charge >= 0.3 is 0 Å². The number of aliphatic hydroxyl groups is 8. The average Bonchev–Trinajstić information content (AvgIpc) is 2.80. The van der Waals surface area contributed by atoms with Crippen molar-refractivity contribution in [1.82, 2.24) is 0 Å². The molecule has 2 fully saturated rings. The molecular weight excluding hydrogens is 320 g/mol. The number of rotatable bonds is 5. The lowest BCUT2D eigenvalue weighted by Crippen LogP contribution is -2.62. The summed E-state index contributed by atoms with van der Waals surface area (Å²) in [6.07, 6.45) is -12.7. The molecule has 2 rings (SSSR count). The van der Waals surface area contributed by atoms with Crippen LogP contribution < -0.4 is 0 Å². The molecule has 9 atom stereocenters. The van der Waals surface area contributed by atoms with Gasteiger partial charge in [-0.05, 0) is 0 Å². The molecule has 2 saturated heterocycles. The van der Waals surface area contributed by atoms with E-state index in [0.29, 0.717) is 0 Å². The van der Waals surface area contributed by atoms with Gasteiger partial charge in [-0.3, -0.25) is 0 Å². The Morgan fingerprint density at radius 1 is 0.783 bits per heavy atom. The molecular formula is C12H22O11. The average molecular weight is 342 g/mol. The molecule has 2 aliphatic rings. The topological polar surface area (TPSA) is 190 Å². The van der Waals surface area contributed by atoms with Gasteiger partial charge in [-0.15, -0.1) is 0 Å². The van der Waals surface area contributed by atoms with Crippen LogP contribution in [0, 0.1) is 0 Å². The molecule has 136 valence electrons. The maximum Gasteiger partial charge on any atom is 0.224 e. The van der Waals surface area contributed by atoms with Crippen LogP contribution in [0.3, 0.4) is 0 Å². The van der Waals surface area contributed by atoms with E-state index in [9.17, 15) is 30.6 Å². The molecule has 0 radical (unpaired) electrons. The van der Waals surface area contributed by atoms with E-state index in [0.717, 1.165) is 0 Å². The summed E-state index contributed by atoms with van der Waals surface area (Å²) in [7, 11) is 0. The van der Waals surface area contributed by atoms with Gasteiger partial charge in [-0.25, -0.2) is 0 Å². The second-order valence-electron chi connectivity index (χ2n) is 5.56. The summed E-state index contributed by atoms with van der Waals surface area (Å²) >= 11 is 0. The highest BCUT2D eigenvalue weighted by Crippen LogP contribution is 2.35. The SMILES string of the molecule is OC[C@@H]1O[C@@](CO)(O[C@H]2O[C@H](CO)[C@@H](O)[C@@H](O)[C@@H]2O)[C@@H](O)[C@H]1O. The zero-order valence-electron chi connectivity index (χ0n) is 12.0. The molecule has 0 amide bonds. The van der Waals surface area contributed by atoms with E-state index in [4.69, 9.17) is 24.4 Å². The molecule has 2 aliphatic heterocycles. The summed E-state index contributed by atoms with van der Waals surface area (Å²) in [6, 6.07) is 0. The van der Waals surface area contributed by atoms with E-state index < -0.39 is 74.6 Å². The second kappa shape index (κ2) is 7.21. The Balaban J connectivity index is 2.18. The maximum absolute atomic E-state index is 10.00. The van der Waals surface area contributed by atoms with Crippen LogP contribution in [0.2, 0.25) is 0 Å². The molecule has 11 heteroatoms. The van der Waals surface area contributed by atoms with Crippen molar-refractivity contribution >= 4 is 0 Å². The first-order valence-corrected chi connectivity index (χ1v) is 7.05. The van der Waals surface area contributed by atoms with E-state index in [1.165, 1.54) is 0 Å². The predicted octanol–water partition coefficient (Wildman–Crippen LogP) is -5.40. The lowest BCUT2D eigenvalue weighted by molar-refractivity contribution is -0.383. The molecule has 0 unspecified atom stereocenters. The third kappa shape index (κ3) is 3.23. The molecule has 0 spiro atoms. The predicted molar refractivity (Wildman–Crippen MR) is 68.6 cm³/mol. The zero-order valence-corrected chi connectivity index (χ0v) is 12.0. The summed E-state index contributed by atoms with van der Waals surface area (Å²) in [5.74, 6) is -2.22. The summed E-state index contributed by atoms with van der Waals surface area (Å²) in [5.41, 5.74) is 0. The molecule has 0 aromatic carbocycles. The third-order valence-corrected chi connectivity index (χ3v) is 4.07. The molecule has 0 aliphatic carbocycles. The van der Waals surface area contributed by atoms with Crippen molar-refractivity contribution < 1.29 is 55.1 Å². The Bertz CT molecular complexity index is 393. The molecule has 0 aromatic rings. The van der Waals surface area contributed by atoms with Crippen molar-refractivity contribution in [2.45, 2.75) is 54.8 Å². The second-order valence-corrected chi connectivity index (χ2v) is 5.56. The van der Waals surface area contributed by atoms with Crippen LogP contribution in [0.25, 0.3) is 0 Å². The van der Waals surface area contributed by atoms with E-state index in [2.05, 4.69) is 0 Å². The van der Waals surface area contributed by atoms with E-state index >= 15 is 0 Å². The quantitative estimate of drug-likeness (QED) is 0.238. The van der Waals surface area contributed by atoms with Gasteiger partial charge in [-0.1, -0.05) is 0 Å². The monoisotopic (exact) mass is 342 g/mol. The molecule has 2 heterocycles. The van der Waals surface area contributed by atoms with E-state index in [1.807, 2.05) is 0 Å². The van der Waals surface area contributed by atoms with Crippen LogP contribution in [0.4, 0.5) is 0 Å². The normalized spacial score (nSPS) is 51.1. The first-order chi connectivity index (χ1) is 10.8. The lowest BCUT2D eigenvalue weighted by Gasteiger charge is -2.43. The van der Waals surface area contributed by atoms with E-state index in [-0.39, 0.29) is 0 Å². The van der Waals surface area contributed by atoms with Gasteiger partial charge in [0.2, 0.25) is 5.79 Å². The van der Waals surface area contributed by atoms with Gasteiger partial charge in [0.15, 0.2) is 6.29 Å². The van der Waals surface area contributed by atoms with Crippen LogP contribution in [0.1, 0.15) is 0 Å². The molecule has 0 aromatic heterocycles. The molecule has 23 heavy (non-hydrogen) atoms. The minimum atomic E-state index is -2.22. The Hall–Kier alpha value is -0.440. The lowest BCUT2D eigenvalue weighted by atomic mass is 9.99. The minimum absolute atomic E-state index is 0.669. The fourth-order valence-electron chi connectivity index (χ4n) is 2.63. The maximum atomic E-state index is 10.00. The van der Waals surface area contributed by atoms with Crippen molar-refractivity contribution in [1.29, 1.82) is 0 Å². The van der Waals surface area contributed by atoms with Crippen molar-refractivity contribution in [2.24, 2.45) is 0 Å². The first-order valence-electron chi connectivity index (χ1n) is 7.05. The van der Waals surface area contributed by atoms with Crippen molar-refractivity contribution in [3.05, 3.63) is 0 Å². The highest BCUT2D eigenvalue weighted by atomic mass is 16.8. The Morgan fingerprint density at radius 2 is 1.39 bits per heavy atom. The Labute approximate surface area is 130 Å². The van der Waals surface area contributed by atoms with Crippen molar-refractivity contribution in [3.63, 3.8) is 0 Å². The summed E-state index contributed by atoms with van der Waals surface area (Å²) < 4.78 is 15.4. The fourth-order valence-corrected chi connectivity index (χ4v) is 2.63.